The number of nitrogens with zero attached hydrogens (tertiary/aromatic N) is 5. The molecule has 0 atom stereocenters. The number of hydrogen-bond acceptors (Lipinski definition) is 9. The smallest absolute Gasteiger partial charge is 0.209 e. The Hall–Kier alpha value is -2.81. The molecule has 0 spiro atoms. The summed E-state index contributed by atoms with van der Waals surface area (Å²) in [5.74, 6) is 1.29. The van der Waals surface area contributed by atoms with Crippen LogP contribution in [0.4, 0.5) is 10.9 Å². The van der Waals surface area contributed by atoms with Crippen molar-refractivity contribution in [3.63, 3.8) is 0 Å². The maximum Gasteiger partial charge on any atom is 0.209 e. The largest absolute Gasteiger partial charge is 0.314 e. The van der Waals surface area contributed by atoms with E-state index < -0.39 is 0 Å². The third-order valence-corrected chi connectivity index (χ3v) is 5.52. The number of nitrogens with one attached hydrogen (secondary N) is 3. The third-order valence-electron chi connectivity index (χ3n) is 3.60. The number of aromatic nitrogens is 6. The Balaban J connectivity index is 1.70. The van der Waals surface area contributed by atoms with Crippen LogP contribution in [0.3, 0.4) is 0 Å². The fraction of sp³-hybridized carbons (Fsp3) is 0.125. The summed E-state index contributed by atoms with van der Waals surface area (Å²) in [5.41, 5.74) is 2.35. The topological polar surface area (TPSA) is 119 Å². The summed E-state index contributed by atoms with van der Waals surface area (Å²) >= 11 is 7.90. The van der Waals surface area contributed by atoms with Gasteiger partial charge in [0, 0.05) is 5.75 Å². The van der Waals surface area contributed by atoms with Crippen LogP contribution >= 0.6 is 35.3 Å². The lowest BCUT2D eigenvalue weighted by molar-refractivity contribution is 0.976. The highest BCUT2D eigenvalue weighted by molar-refractivity contribution is 7.98. The molecule has 3 heterocycles. The molecule has 3 aromatic heterocycles. The van der Waals surface area contributed by atoms with Crippen molar-refractivity contribution in [1.29, 1.82) is 5.26 Å². The zero-order valence-electron chi connectivity index (χ0n) is 13.8. The Morgan fingerprint density at radius 2 is 2.04 bits per heavy atom. The fourth-order valence-electron chi connectivity index (χ4n) is 2.43. The highest BCUT2D eigenvalue weighted by atomic mass is 32.2. The molecular formula is C16H12N8S3. The van der Waals surface area contributed by atoms with Crippen LogP contribution < -0.4 is 5.32 Å². The predicted molar refractivity (Wildman–Crippen MR) is 108 cm³/mol. The number of hydrogen-bond donors (Lipinski definition) is 3. The molecule has 0 bridgehead atoms. The minimum Gasteiger partial charge on any atom is -0.314 e. The van der Waals surface area contributed by atoms with Crippen LogP contribution in [0.15, 0.2) is 35.5 Å². The molecule has 0 fully saturated rings. The Kier molecular flexibility index (Phi) is 5.10. The van der Waals surface area contributed by atoms with Crippen molar-refractivity contribution in [2.45, 2.75) is 17.3 Å². The monoisotopic (exact) mass is 412 g/mol. The SMILES string of the molecule is N#CCc1[nH]nc2nc(SCc3ccccc3)nc(Nc3n[nH]c(=S)s3)c12. The van der Waals surface area contributed by atoms with Gasteiger partial charge < -0.3 is 5.32 Å². The standard InChI is InChI=1S/C16H12N8S3/c17-7-6-10-11-12(19-15-23-24-16(25)27-15)18-14(20-13(11)22-21-10)26-8-9-4-2-1-3-5-9/h1-5H,6,8H2,(H,24,25)(H2,18,19,20,21,22,23). The number of fused-ring (bicyclic) bond motifs is 1. The Morgan fingerprint density at radius 3 is 2.78 bits per heavy atom. The number of anilines is 2. The Bertz CT molecular complexity index is 1170. The second-order valence-electron chi connectivity index (χ2n) is 5.41. The van der Waals surface area contributed by atoms with Gasteiger partial charge in [0.2, 0.25) is 5.13 Å². The van der Waals surface area contributed by atoms with Crippen molar-refractivity contribution in [3.8, 4) is 6.07 Å². The lowest BCUT2D eigenvalue weighted by Gasteiger charge is -2.07. The summed E-state index contributed by atoms with van der Waals surface area (Å²) in [6, 6.07) is 12.2. The second-order valence-corrected chi connectivity index (χ2v) is 8.02. The molecule has 1 aromatic carbocycles. The molecule has 0 unspecified atom stereocenters. The third kappa shape index (κ3) is 3.97. The summed E-state index contributed by atoms with van der Waals surface area (Å²) in [7, 11) is 0. The van der Waals surface area contributed by atoms with E-state index in [0.717, 1.165) is 5.75 Å². The normalized spacial score (nSPS) is 10.8. The van der Waals surface area contributed by atoms with Gasteiger partial charge in [-0.1, -0.05) is 53.4 Å². The highest BCUT2D eigenvalue weighted by Gasteiger charge is 2.16. The number of rotatable bonds is 6. The van der Waals surface area contributed by atoms with Gasteiger partial charge in [-0.05, 0) is 17.8 Å². The first-order valence-corrected chi connectivity index (χ1v) is 10.0. The van der Waals surface area contributed by atoms with E-state index in [1.54, 1.807) is 0 Å². The van der Waals surface area contributed by atoms with E-state index in [4.69, 9.17) is 17.5 Å². The average Bonchev–Trinajstić information content (AvgIpc) is 3.27. The van der Waals surface area contributed by atoms with E-state index in [2.05, 4.69) is 53.9 Å². The number of benzene rings is 1. The van der Waals surface area contributed by atoms with Crippen LogP contribution in [0.25, 0.3) is 11.0 Å². The minimum absolute atomic E-state index is 0.182. The molecule has 134 valence electrons. The van der Waals surface area contributed by atoms with Crippen molar-refractivity contribution in [2.75, 3.05) is 5.32 Å². The van der Waals surface area contributed by atoms with Gasteiger partial charge in [0.05, 0.1) is 23.6 Å². The Labute approximate surface area is 167 Å². The van der Waals surface area contributed by atoms with Crippen LogP contribution in [-0.4, -0.2) is 30.4 Å². The van der Waals surface area contributed by atoms with E-state index in [1.807, 2.05) is 18.2 Å². The Morgan fingerprint density at radius 1 is 1.19 bits per heavy atom. The summed E-state index contributed by atoms with van der Waals surface area (Å²) in [5, 5.41) is 28.0. The van der Waals surface area contributed by atoms with Gasteiger partial charge in [-0.3, -0.25) is 10.2 Å². The van der Waals surface area contributed by atoms with E-state index in [0.29, 0.717) is 36.8 Å². The van der Waals surface area contributed by atoms with Gasteiger partial charge in [-0.25, -0.2) is 9.97 Å². The average molecular weight is 413 g/mol. The molecule has 3 N–H and O–H groups in total. The van der Waals surface area contributed by atoms with Crippen molar-refractivity contribution in [1.82, 2.24) is 30.4 Å². The van der Waals surface area contributed by atoms with Crippen LogP contribution in [0, 0.1) is 15.3 Å². The van der Waals surface area contributed by atoms with Crippen molar-refractivity contribution < 1.29 is 0 Å². The lowest BCUT2D eigenvalue weighted by atomic mass is 10.2. The summed E-state index contributed by atoms with van der Waals surface area (Å²) in [6.07, 6.45) is 0.182. The van der Waals surface area contributed by atoms with Gasteiger partial charge in [0.1, 0.15) is 5.82 Å². The lowest BCUT2D eigenvalue weighted by Crippen LogP contribution is -1.99. The molecule has 0 aliphatic rings. The van der Waals surface area contributed by atoms with Crippen molar-refractivity contribution in [3.05, 3.63) is 45.5 Å². The predicted octanol–water partition coefficient (Wildman–Crippen LogP) is 3.97. The molecule has 4 aromatic rings. The summed E-state index contributed by atoms with van der Waals surface area (Å²) < 4.78 is 0.561. The minimum atomic E-state index is 0.182. The highest BCUT2D eigenvalue weighted by Crippen LogP contribution is 2.30. The molecule has 8 nitrogen and oxygen atoms in total. The molecular weight excluding hydrogens is 400 g/mol. The molecule has 0 amide bonds. The summed E-state index contributed by atoms with van der Waals surface area (Å²) in [4.78, 5) is 9.14. The maximum absolute atomic E-state index is 9.05. The van der Waals surface area contributed by atoms with Crippen molar-refractivity contribution >= 4 is 57.3 Å². The molecule has 0 radical (unpaired) electrons. The van der Waals surface area contributed by atoms with Gasteiger partial charge in [0.15, 0.2) is 14.8 Å². The van der Waals surface area contributed by atoms with E-state index in [1.165, 1.54) is 28.7 Å². The molecule has 11 heteroatoms. The van der Waals surface area contributed by atoms with E-state index in [9.17, 15) is 0 Å². The number of thioether (sulfide) groups is 1. The molecule has 27 heavy (non-hydrogen) atoms. The molecule has 4 rings (SSSR count). The fourth-order valence-corrected chi connectivity index (χ4v) is 4.02. The first-order valence-electron chi connectivity index (χ1n) is 7.84. The van der Waals surface area contributed by atoms with Gasteiger partial charge in [-0.15, -0.1) is 5.10 Å². The van der Waals surface area contributed by atoms with Crippen LogP contribution in [0.5, 0.6) is 0 Å². The number of H-pyrrole nitrogens is 2. The first kappa shape index (κ1) is 17.6. The maximum atomic E-state index is 9.05. The second kappa shape index (κ2) is 7.83. The number of aromatic amines is 2. The van der Waals surface area contributed by atoms with Crippen molar-refractivity contribution in [2.24, 2.45) is 0 Å². The summed E-state index contributed by atoms with van der Waals surface area (Å²) in [6.45, 7) is 0. The van der Waals surface area contributed by atoms with Crippen LogP contribution in [0.1, 0.15) is 11.3 Å². The van der Waals surface area contributed by atoms with E-state index >= 15 is 0 Å². The molecule has 0 aliphatic heterocycles. The zero-order valence-corrected chi connectivity index (χ0v) is 16.2. The van der Waals surface area contributed by atoms with Gasteiger partial charge in [-0.2, -0.15) is 10.4 Å². The number of nitriles is 1. The molecule has 0 aliphatic carbocycles. The van der Waals surface area contributed by atoms with Gasteiger partial charge in [0.25, 0.3) is 0 Å². The van der Waals surface area contributed by atoms with E-state index in [-0.39, 0.29) is 6.42 Å². The molecule has 0 saturated carbocycles. The molecule has 0 saturated heterocycles. The zero-order chi connectivity index (χ0) is 18.6. The van der Waals surface area contributed by atoms with Crippen LogP contribution in [-0.2, 0) is 12.2 Å². The van der Waals surface area contributed by atoms with Crippen LogP contribution in [0.2, 0.25) is 0 Å². The first-order chi connectivity index (χ1) is 13.2. The van der Waals surface area contributed by atoms with Gasteiger partial charge >= 0.3 is 0 Å². The quantitative estimate of drug-likeness (QED) is 0.247.